The number of methoxy groups -OCH3 is 1. The van der Waals surface area contributed by atoms with E-state index in [-0.39, 0.29) is 0 Å². The predicted octanol–water partition coefficient (Wildman–Crippen LogP) is 0.155. The first-order chi connectivity index (χ1) is 6.63. The SMILES string of the molecule is COCC(C)(NC(=O)C(F)(F)F)C(=O)O. The van der Waals surface area contributed by atoms with Crippen LogP contribution in [0.1, 0.15) is 6.92 Å². The highest BCUT2D eigenvalue weighted by Gasteiger charge is 2.45. The quantitative estimate of drug-likeness (QED) is 0.719. The molecule has 0 aromatic heterocycles. The molecule has 0 aliphatic rings. The van der Waals surface area contributed by atoms with Gasteiger partial charge in [0.05, 0.1) is 6.61 Å². The highest BCUT2D eigenvalue weighted by Crippen LogP contribution is 2.16. The number of ether oxygens (including phenoxy) is 1. The van der Waals surface area contributed by atoms with Gasteiger partial charge in [0.1, 0.15) is 0 Å². The first-order valence-corrected chi connectivity index (χ1v) is 3.75. The predicted molar refractivity (Wildman–Crippen MR) is 42.1 cm³/mol. The molecule has 0 spiro atoms. The van der Waals surface area contributed by atoms with Gasteiger partial charge < -0.3 is 15.2 Å². The molecule has 2 N–H and O–H groups in total. The fourth-order valence-electron chi connectivity index (χ4n) is 0.761. The van der Waals surface area contributed by atoms with Gasteiger partial charge in [0, 0.05) is 7.11 Å². The second kappa shape index (κ2) is 4.47. The van der Waals surface area contributed by atoms with Crippen molar-refractivity contribution in [3.05, 3.63) is 0 Å². The van der Waals surface area contributed by atoms with Crippen molar-refractivity contribution in [2.45, 2.75) is 18.6 Å². The summed E-state index contributed by atoms with van der Waals surface area (Å²) in [5, 5.41) is 9.96. The van der Waals surface area contributed by atoms with E-state index >= 15 is 0 Å². The molecular weight excluding hydrogens is 219 g/mol. The van der Waals surface area contributed by atoms with Crippen molar-refractivity contribution in [1.82, 2.24) is 5.32 Å². The van der Waals surface area contributed by atoms with Gasteiger partial charge in [-0.15, -0.1) is 0 Å². The number of amides is 1. The number of rotatable bonds is 4. The van der Waals surface area contributed by atoms with E-state index in [1.807, 2.05) is 0 Å². The van der Waals surface area contributed by atoms with E-state index < -0.39 is 30.2 Å². The van der Waals surface area contributed by atoms with Crippen LogP contribution in [0.4, 0.5) is 13.2 Å². The van der Waals surface area contributed by atoms with Crippen molar-refractivity contribution in [2.24, 2.45) is 0 Å². The lowest BCUT2D eigenvalue weighted by molar-refractivity contribution is -0.178. The van der Waals surface area contributed by atoms with Crippen LogP contribution in [-0.2, 0) is 14.3 Å². The summed E-state index contributed by atoms with van der Waals surface area (Å²) in [6.07, 6.45) is -5.12. The molecule has 0 rings (SSSR count). The van der Waals surface area contributed by atoms with E-state index in [1.165, 1.54) is 5.32 Å². The Morgan fingerprint density at radius 3 is 2.13 bits per heavy atom. The van der Waals surface area contributed by atoms with E-state index in [2.05, 4.69) is 4.74 Å². The van der Waals surface area contributed by atoms with Gasteiger partial charge in [0.2, 0.25) is 0 Å². The van der Waals surface area contributed by atoms with Gasteiger partial charge in [0.15, 0.2) is 5.54 Å². The van der Waals surface area contributed by atoms with Crippen molar-refractivity contribution >= 4 is 11.9 Å². The number of carboxylic acid groups (broad SMARTS) is 1. The van der Waals surface area contributed by atoms with Crippen LogP contribution < -0.4 is 5.32 Å². The summed E-state index contributed by atoms with van der Waals surface area (Å²) in [5.74, 6) is -3.92. The van der Waals surface area contributed by atoms with E-state index in [1.54, 1.807) is 0 Å². The maximum absolute atomic E-state index is 11.8. The zero-order valence-corrected chi connectivity index (χ0v) is 8.01. The number of carboxylic acids is 1. The molecule has 0 aliphatic carbocycles. The highest BCUT2D eigenvalue weighted by molar-refractivity contribution is 5.89. The number of carbonyl (C=O) groups is 2. The number of carbonyl (C=O) groups excluding carboxylic acids is 1. The largest absolute Gasteiger partial charge is 0.479 e. The van der Waals surface area contributed by atoms with Gasteiger partial charge >= 0.3 is 18.1 Å². The minimum Gasteiger partial charge on any atom is -0.479 e. The Morgan fingerprint density at radius 2 is 1.87 bits per heavy atom. The normalized spacial score (nSPS) is 15.5. The van der Waals surface area contributed by atoms with E-state index in [9.17, 15) is 22.8 Å². The van der Waals surface area contributed by atoms with Crippen LogP contribution >= 0.6 is 0 Å². The Morgan fingerprint density at radius 1 is 1.40 bits per heavy atom. The zero-order valence-electron chi connectivity index (χ0n) is 8.01. The Hall–Kier alpha value is -1.31. The minimum atomic E-state index is -5.12. The molecule has 1 atom stereocenters. The van der Waals surface area contributed by atoms with Crippen LogP contribution in [0.2, 0.25) is 0 Å². The molecule has 5 nitrogen and oxygen atoms in total. The molecule has 0 aliphatic heterocycles. The molecule has 0 fully saturated rings. The fraction of sp³-hybridized carbons (Fsp3) is 0.714. The summed E-state index contributed by atoms with van der Waals surface area (Å²) in [6, 6.07) is 0. The van der Waals surface area contributed by atoms with Crippen LogP contribution in [0.15, 0.2) is 0 Å². The fourth-order valence-corrected chi connectivity index (χ4v) is 0.761. The van der Waals surface area contributed by atoms with E-state index in [0.29, 0.717) is 0 Å². The summed E-state index contributed by atoms with van der Waals surface area (Å²) in [4.78, 5) is 21.1. The molecule has 0 heterocycles. The van der Waals surface area contributed by atoms with Gasteiger partial charge in [-0.2, -0.15) is 13.2 Å². The van der Waals surface area contributed by atoms with Crippen LogP contribution in [0.25, 0.3) is 0 Å². The van der Waals surface area contributed by atoms with Crippen molar-refractivity contribution in [1.29, 1.82) is 0 Å². The number of nitrogens with one attached hydrogen (secondary N) is 1. The third kappa shape index (κ3) is 3.74. The Bertz CT molecular complexity index is 265. The summed E-state index contributed by atoms with van der Waals surface area (Å²) < 4.78 is 39.9. The lowest BCUT2D eigenvalue weighted by Gasteiger charge is -2.25. The van der Waals surface area contributed by atoms with Crippen molar-refractivity contribution in [2.75, 3.05) is 13.7 Å². The molecule has 0 saturated heterocycles. The monoisotopic (exact) mass is 229 g/mol. The summed E-state index contributed by atoms with van der Waals surface area (Å²) in [6.45, 7) is 0.354. The molecule has 0 radical (unpaired) electrons. The maximum Gasteiger partial charge on any atom is 0.471 e. The number of halogens is 3. The third-order valence-electron chi connectivity index (χ3n) is 1.55. The van der Waals surface area contributed by atoms with Gasteiger partial charge in [-0.25, -0.2) is 4.79 Å². The molecule has 88 valence electrons. The second-order valence-electron chi connectivity index (χ2n) is 3.02. The smallest absolute Gasteiger partial charge is 0.471 e. The van der Waals surface area contributed by atoms with Gasteiger partial charge in [-0.1, -0.05) is 0 Å². The van der Waals surface area contributed by atoms with Crippen molar-refractivity contribution < 1.29 is 32.6 Å². The zero-order chi connectivity index (χ0) is 12.3. The van der Waals surface area contributed by atoms with Crippen molar-refractivity contribution in [3.63, 3.8) is 0 Å². The first-order valence-electron chi connectivity index (χ1n) is 3.75. The Labute approximate surface area is 83.2 Å². The average molecular weight is 229 g/mol. The number of alkyl halides is 3. The summed E-state index contributed by atoms with van der Waals surface area (Å²) >= 11 is 0. The van der Waals surface area contributed by atoms with Crippen LogP contribution in [-0.4, -0.2) is 42.4 Å². The topological polar surface area (TPSA) is 75.6 Å². The number of aliphatic carboxylic acids is 1. The molecule has 1 unspecified atom stereocenters. The van der Waals surface area contributed by atoms with E-state index in [4.69, 9.17) is 5.11 Å². The summed E-state index contributed by atoms with van der Waals surface area (Å²) in [7, 11) is 1.11. The molecule has 8 heteroatoms. The minimum absolute atomic E-state index is 0.565. The summed E-state index contributed by atoms with van der Waals surface area (Å²) in [5.41, 5.74) is -2.10. The third-order valence-corrected chi connectivity index (χ3v) is 1.55. The van der Waals surface area contributed by atoms with E-state index in [0.717, 1.165) is 14.0 Å². The van der Waals surface area contributed by atoms with Gasteiger partial charge in [-0.05, 0) is 6.92 Å². The first kappa shape index (κ1) is 13.7. The van der Waals surface area contributed by atoms with Gasteiger partial charge in [0.25, 0.3) is 0 Å². The maximum atomic E-state index is 11.8. The molecule has 0 saturated carbocycles. The average Bonchev–Trinajstić information content (AvgIpc) is 2.02. The molecule has 1 amide bonds. The molecule has 0 bridgehead atoms. The lowest BCUT2D eigenvalue weighted by Crippen LogP contribution is -2.58. The molecule has 15 heavy (non-hydrogen) atoms. The number of hydrogen-bond donors (Lipinski definition) is 2. The molecular formula is C7H10F3NO4. The van der Waals surface area contributed by atoms with Crippen LogP contribution in [0.5, 0.6) is 0 Å². The lowest BCUT2D eigenvalue weighted by atomic mass is 10.0. The van der Waals surface area contributed by atoms with Crippen molar-refractivity contribution in [3.8, 4) is 0 Å². The molecule has 0 aromatic rings. The van der Waals surface area contributed by atoms with Crippen LogP contribution in [0.3, 0.4) is 0 Å². The second-order valence-corrected chi connectivity index (χ2v) is 3.02. The standard InChI is InChI=1S/C7H10F3NO4/c1-6(3-15-2,5(13)14)11-4(12)7(8,9)10/h3H2,1-2H3,(H,11,12)(H,13,14). The Kier molecular flexibility index (Phi) is 4.08. The molecule has 0 aromatic carbocycles. The Balaban J connectivity index is 4.71. The highest BCUT2D eigenvalue weighted by atomic mass is 19.4. The van der Waals surface area contributed by atoms with Gasteiger partial charge in [-0.3, -0.25) is 4.79 Å². The van der Waals surface area contributed by atoms with Crippen LogP contribution in [0, 0.1) is 0 Å². The number of hydrogen-bond acceptors (Lipinski definition) is 3.